The van der Waals surface area contributed by atoms with E-state index >= 15 is 0 Å². The average Bonchev–Trinajstić information content (AvgIpc) is 3.21. The maximum absolute atomic E-state index is 11.7. The minimum Gasteiger partial charge on any atom is -0.481 e. The average molecular weight is 488 g/mol. The standard InChI is InChI=1S/C28H33N5O3/c1-18(2)20-12-21(14-24(13-20)29-3)22(16-27(34)35)15-25-17-26(33(4)32-25)36-11-9-23-8-7-19-6-5-10-30-28(19)31-23/h7-8,12-14,17-18,22H,5-6,9-11,15-16H2,1-2,4H3,(H,30,31)(H,34,35). The van der Waals surface area contributed by atoms with Gasteiger partial charge in [-0.15, -0.1) is 0 Å². The zero-order valence-electron chi connectivity index (χ0n) is 21.1. The third-order valence-corrected chi connectivity index (χ3v) is 6.55. The number of aliphatic carboxylic acids is 1. The van der Waals surface area contributed by atoms with E-state index in [1.54, 1.807) is 10.7 Å². The van der Waals surface area contributed by atoms with Gasteiger partial charge in [-0.25, -0.2) is 14.5 Å². The Labute approximate surface area is 212 Å². The summed E-state index contributed by atoms with van der Waals surface area (Å²) < 4.78 is 7.69. The van der Waals surface area contributed by atoms with Gasteiger partial charge >= 0.3 is 5.97 Å². The molecule has 36 heavy (non-hydrogen) atoms. The number of anilines is 1. The van der Waals surface area contributed by atoms with E-state index in [2.05, 4.69) is 41.2 Å². The molecule has 0 aliphatic carbocycles. The van der Waals surface area contributed by atoms with Crippen molar-refractivity contribution in [1.29, 1.82) is 0 Å². The highest BCUT2D eigenvalue weighted by atomic mass is 16.5. The molecule has 1 aromatic carbocycles. The largest absolute Gasteiger partial charge is 0.481 e. The number of rotatable bonds is 10. The van der Waals surface area contributed by atoms with Gasteiger partial charge in [-0.05, 0) is 42.7 Å². The lowest BCUT2D eigenvalue weighted by Gasteiger charge is -2.17. The van der Waals surface area contributed by atoms with Crippen LogP contribution in [0.4, 0.5) is 11.5 Å². The maximum atomic E-state index is 11.7. The van der Waals surface area contributed by atoms with Crippen molar-refractivity contribution in [2.45, 2.75) is 57.8 Å². The molecule has 8 nitrogen and oxygen atoms in total. The molecular formula is C28H33N5O3. The van der Waals surface area contributed by atoms with Crippen molar-refractivity contribution in [3.8, 4) is 5.88 Å². The zero-order chi connectivity index (χ0) is 25.7. The molecule has 0 bridgehead atoms. The predicted molar refractivity (Wildman–Crippen MR) is 139 cm³/mol. The summed E-state index contributed by atoms with van der Waals surface area (Å²) in [5.41, 5.74) is 5.42. The summed E-state index contributed by atoms with van der Waals surface area (Å²) in [6, 6.07) is 11.8. The molecule has 1 unspecified atom stereocenters. The molecule has 0 radical (unpaired) electrons. The highest BCUT2D eigenvalue weighted by molar-refractivity contribution is 5.68. The van der Waals surface area contributed by atoms with Gasteiger partial charge in [0.15, 0.2) is 5.69 Å². The third-order valence-electron chi connectivity index (χ3n) is 6.55. The second-order valence-corrected chi connectivity index (χ2v) is 9.66. The first-order valence-electron chi connectivity index (χ1n) is 12.4. The third kappa shape index (κ3) is 6.22. The van der Waals surface area contributed by atoms with E-state index < -0.39 is 5.97 Å². The van der Waals surface area contributed by atoms with Crippen LogP contribution in [0.1, 0.15) is 66.6 Å². The van der Waals surface area contributed by atoms with Crippen molar-refractivity contribution < 1.29 is 14.6 Å². The number of aryl methyl sites for hydroxylation is 2. The maximum Gasteiger partial charge on any atom is 0.303 e. The summed E-state index contributed by atoms with van der Waals surface area (Å²) in [6.45, 7) is 13.0. The van der Waals surface area contributed by atoms with Gasteiger partial charge in [-0.3, -0.25) is 4.79 Å². The van der Waals surface area contributed by atoms with Crippen LogP contribution in [0.3, 0.4) is 0 Å². The molecule has 0 amide bonds. The fourth-order valence-corrected chi connectivity index (χ4v) is 4.57. The SMILES string of the molecule is [C-]#[N+]c1cc(C(C)C)cc(C(CC(=O)O)Cc2cc(OCCc3ccc4c(n3)NCCC4)n(C)n2)c1. The number of carbonyl (C=O) groups is 1. The molecule has 3 heterocycles. The topological polar surface area (TPSA) is 93.6 Å². The number of benzene rings is 1. The van der Waals surface area contributed by atoms with E-state index in [0.717, 1.165) is 47.7 Å². The van der Waals surface area contributed by atoms with Gasteiger partial charge in [-0.1, -0.05) is 49.2 Å². The monoisotopic (exact) mass is 487 g/mol. The Morgan fingerprint density at radius 2 is 2.03 bits per heavy atom. The number of ether oxygens (including phenoxy) is 1. The van der Waals surface area contributed by atoms with Crippen molar-refractivity contribution in [1.82, 2.24) is 14.8 Å². The summed E-state index contributed by atoms with van der Waals surface area (Å²) in [7, 11) is 1.82. The van der Waals surface area contributed by atoms with Crippen LogP contribution < -0.4 is 10.1 Å². The van der Waals surface area contributed by atoms with E-state index in [1.807, 2.05) is 25.2 Å². The van der Waals surface area contributed by atoms with Gasteiger partial charge in [-0.2, -0.15) is 5.10 Å². The summed E-state index contributed by atoms with van der Waals surface area (Å²) in [5.74, 6) is 0.684. The van der Waals surface area contributed by atoms with Crippen molar-refractivity contribution in [2.24, 2.45) is 7.05 Å². The van der Waals surface area contributed by atoms with Crippen LogP contribution in [-0.4, -0.2) is 39.0 Å². The van der Waals surface area contributed by atoms with Crippen LogP contribution in [0.25, 0.3) is 4.85 Å². The smallest absolute Gasteiger partial charge is 0.303 e. The molecule has 0 saturated carbocycles. The van der Waals surface area contributed by atoms with Crippen molar-refractivity contribution >= 4 is 17.5 Å². The highest BCUT2D eigenvalue weighted by Crippen LogP contribution is 2.32. The fraction of sp³-hybridized carbons (Fsp3) is 0.429. The number of hydrogen-bond acceptors (Lipinski definition) is 5. The quantitative estimate of drug-likeness (QED) is 0.379. The van der Waals surface area contributed by atoms with Gasteiger partial charge in [0.1, 0.15) is 5.82 Å². The Balaban J connectivity index is 1.45. The first kappa shape index (κ1) is 25.2. The lowest BCUT2D eigenvalue weighted by atomic mass is 9.88. The molecule has 4 rings (SSSR count). The van der Waals surface area contributed by atoms with Gasteiger partial charge < -0.3 is 15.2 Å². The molecule has 0 spiro atoms. The number of carboxylic acid groups (broad SMARTS) is 1. The molecule has 1 aliphatic heterocycles. The Morgan fingerprint density at radius 3 is 2.78 bits per heavy atom. The molecule has 2 aromatic heterocycles. The van der Waals surface area contributed by atoms with Crippen LogP contribution in [0.2, 0.25) is 0 Å². The predicted octanol–water partition coefficient (Wildman–Crippen LogP) is 5.27. The molecule has 8 heteroatoms. The zero-order valence-corrected chi connectivity index (χ0v) is 21.1. The number of fused-ring (bicyclic) bond motifs is 1. The Kier molecular flexibility index (Phi) is 7.89. The molecule has 0 saturated heterocycles. The van der Waals surface area contributed by atoms with Crippen LogP contribution in [0.5, 0.6) is 5.88 Å². The van der Waals surface area contributed by atoms with Crippen LogP contribution in [0.15, 0.2) is 36.4 Å². The minimum absolute atomic E-state index is 0.0379. The molecule has 188 valence electrons. The number of carboxylic acids is 1. The second kappa shape index (κ2) is 11.3. The Hall–Kier alpha value is -3.86. The second-order valence-electron chi connectivity index (χ2n) is 9.66. The Bertz CT molecular complexity index is 1270. The van der Waals surface area contributed by atoms with Crippen molar-refractivity contribution in [3.05, 3.63) is 75.9 Å². The van der Waals surface area contributed by atoms with Gasteiger partial charge in [0.25, 0.3) is 0 Å². The minimum atomic E-state index is -0.876. The lowest BCUT2D eigenvalue weighted by molar-refractivity contribution is -0.137. The first-order valence-corrected chi connectivity index (χ1v) is 12.4. The van der Waals surface area contributed by atoms with Crippen LogP contribution >= 0.6 is 0 Å². The highest BCUT2D eigenvalue weighted by Gasteiger charge is 2.21. The van der Waals surface area contributed by atoms with E-state index in [1.165, 1.54) is 5.56 Å². The van der Waals surface area contributed by atoms with E-state index in [9.17, 15) is 9.90 Å². The number of nitrogens with one attached hydrogen (secondary N) is 1. The summed E-state index contributed by atoms with van der Waals surface area (Å²) in [6.07, 6.45) is 3.29. The van der Waals surface area contributed by atoms with Gasteiger partial charge in [0.2, 0.25) is 5.88 Å². The first-order chi connectivity index (χ1) is 17.3. The van der Waals surface area contributed by atoms with Gasteiger partial charge in [0, 0.05) is 31.8 Å². The lowest BCUT2D eigenvalue weighted by Crippen LogP contribution is -2.14. The molecule has 0 fully saturated rings. The number of hydrogen-bond donors (Lipinski definition) is 2. The molecule has 1 aliphatic rings. The molecular weight excluding hydrogens is 454 g/mol. The number of nitrogens with zero attached hydrogens (tertiary/aromatic N) is 4. The normalized spacial score (nSPS) is 13.5. The molecule has 1 atom stereocenters. The molecule has 2 N–H and O–H groups in total. The Morgan fingerprint density at radius 1 is 1.22 bits per heavy atom. The number of pyridine rings is 1. The van der Waals surface area contributed by atoms with Crippen molar-refractivity contribution in [3.63, 3.8) is 0 Å². The van der Waals surface area contributed by atoms with E-state index in [-0.39, 0.29) is 18.3 Å². The summed E-state index contributed by atoms with van der Waals surface area (Å²) in [4.78, 5) is 20.0. The summed E-state index contributed by atoms with van der Waals surface area (Å²) >= 11 is 0. The van der Waals surface area contributed by atoms with Crippen LogP contribution in [0, 0.1) is 6.57 Å². The van der Waals surface area contributed by atoms with Crippen LogP contribution in [-0.2, 0) is 31.1 Å². The van der Waals surface area contributed by atoms with E-state index in [0.29, 0.717) is 31.0 Å². The molecule has 3 aromatic rings. The van der Waals surface area contributed by atoms with Crippen molar-refractivity contribution in [2.75, 3.05) is 18.5 Å². The number of aromatic nitrogens is 3. The fourth-order valence-electron chi connectivity index (χ4n) is 4.57. The van der Waals surface area contributed by atoms with Gasteiger partial charge in [0.05, 0.1) is 25.3 Å². The summed E-state index contributed by atoms with van der Waals surface area (Å²) in [5, 5.41) is 17.5. The van der Waals surface area contributed by atoms with E-state index in [4.69, 9.17) is 16.3 Å².